The zero-order valence-corrected chi connectivity index (χ0v) is 82.1. The van der Waals surface area contributed by atoms with Crippen LogP contribution < -0.4 is 11.5 Å². The Labute approximate surface area is 725 Å². The van der Waals surface area contributed by atoms with Crippen molar-refractivity contribution in [2.24, 2.45) is 0 Å². The summed E-state index contributed by atoms with van der Waals surface area (Å²) in [6.07, 6.45) is -2.56. The van der Waals surface area contributed by atoms with Crippen LogP contribution in [0.2, 0.25) is 0 Å². The van der Waals surface area contributed by atoms with Gasteiger partial charge in [0.15, 0.2) is 22.9 Å². The first-order chi connectivity index (χ1) is 57.8. The van der Waals surface area contributed by atoms with Crippen LogP contribution in [-0.4, -0.2) is 426 Å². The van der Waals surface area contributed by atoms with Gasteiger partial charge in [0.1, 0.15) is 36.1 Å². The number of hydrogen-bond donors (Lipinski definition) is 2. The Hall–Kier alpha value is -2.81. The Balaban J connectivity index is 0.741. The highest BCUT2D eigenvalue weighted by molar-refractivity contribution is 7.57. The summed E-state index contributed by atoms with van der Waals surface area (Å²) >= 11 is 0. The Morgan fingerprint density at radius 1 is 0.350 bits per heavy atom. The van der Waals surface area contributed by atoms with E-state index < -0.39 is 121 Å². The fraction of sp³-hybridized carbons (Fsp3) is 0.859. The van der Waals surface area contributed by atoms with E-state index in [1.807, 2.05) is 53.1 Å². The monoisotopic (exact) mass is 1880 g/mol. The maximum atomic E-state index is 16.1. The third kappa shape index (κ3) is 22.9. The van der Waals surface area contributed by atoms with Crippen LogP contribution in [0, 0.1) is 0 Å². The zero-order valence-electron chi connectivity index (χ0n) is 75.8. The normalized spacial score (nSPS) is 31.1. The van der Waals surface area contributed by atoms with Gasteiger partial charge in [-0.05, 0) is 154 Å². The predicted molar refractivity (Wildman–Crippen MR) is 466 cm³/mol. The van der Waals surface area contributed by atoms with Gasteiger partial charge in [-0.15, -0.1) is 0 Å². The molecule has 22 atom stereocenters. The van der Waals surface area contributed by atoms with Crippen LogP contribution in [0.3, 0.4) is 0 Å². The molecule has 123 heavy (non-hydrogen) atoms. The molecule has 4 aromatic rings. The number of anilines is 2. The number of nitrogen functional groups attached to an aromatic ring is 2. The van der Waals surface area contributed by atoms with Crippen LogP contribution in [-0.2, 0) is 96.8 Å². The molecule has 8 unspecified atom stereocenters. The summed E-state index contributed by atoms with van der Waals surface area (Å²) in [5.41, 5.74) is 13.6. The van der Waals surface area contributed by atoms with Gasteiger partial charge in [0.25, 0.3) is 7.52 Å². The number of fused-ring (bicyclic) bond motifs is 2. The second-order valence-electron chi connectivity index (χ2n) is 34.5. The van der Waals surface area contributed by atoms with Crippen molar-refractivity contribution in [2.45, 2.75) is 166 Å². The number of nitrogens with zero attached hydrogens (tertiary/aromatic N) is 22. The first kappa shape index (κ1) is 101. The average molecular weight is 1880 g/mol. The molecule has 7 fully saturated rings. The molecule has 4 aromatic heterocycles. The van der Waals surface area contributed by atoms with Gasteiger partial charge >= 0.3 is 46.0 Å². The van der Waals surface area contributed by atoms with Gasteiger partial charge in [-0.2, -0.15) is 0 Å². The molecule has 0 saturated carbocycles. The fourth-order valence-electron chi connectivity index (χ4n) is 16.4. The topological polar surface area (TPSA) is 433 Å². The number of imidazole rings is 2. The van der Waals surface area contributed by atoms with E-state index in [1.165, 1.54) is 44.0 Å². The maximum absolute atomic E-state index is 16.1. The summed E-state index contributed by atoms with van der Waals surface area (Å²) in [6.45, 7) is 19.1. The van der Waals surface area contributed by atoms with Crippen molar-refractivity contribution in [1.29, 1.82) is 0 Å². The summed E-state index contributed by atoms with van der Waals surface area (Å²) in [5.74, 6) is 0.272. The lowest BCUT2D eigenvalue weighted by molar-refractivity contribution is -0.125. The number of ether oxygens (including phenoxy) is 7. The number of aromatic nitrogens is 8. The third-order valence-electron chi connectivity index (χ3n) is 22.9. The van der Waals surface area contributed by atoms with Gasteiger partial charge in [-0.25, -0.2) is 90.6 Å². The van der Waals surface area contributed by atoms with Crippen LogP contribution in [0.1, 0.15) is 81.2 Å². The summed E-state index contributed by atoms with van der Waals surface area (Å²) < 4.78 is 224. The van der Waals surface area contributed by atoms with Gasteiger partial charge in [0.2, 0.25) is 0 Å². The second-order valence-corrected chi connectivity index (χ2v) is 53.2. The molecule has 11 heterocycles. The number of rotatable bonds is 39. The molecule has 0 aromatic carbocycles. The molecule has 7 aliphatic heterocycles. The Morgan fingerprint density at radius 2 is 0.602 bits per heavy atom. The van der Waals surface area contributed by atoms with Gasteiger partial charge in [0.05, 0.1) is 145 Å². The standard InChI is InChI=1S/C71H137N24O21P7/c1-24-56(9)117(96,80(10)11)103-39-62-35-92(37-64(115-62)94-48-78-66-68(72)74-46-76-70(66)94)123(102,86(22)23)109-45-63-36-93(38-65(116-63)95-49-79-67-69(73)75-47-77-71(67)95)122(101,85(20)21)108-44-61-34-91(29-55(8)114-61)121(100,84(18)19)107-43-60-33-90(28-54(7)113-60)120(99,83(16)17)106-42-59-32-89(27-53(6)112-59)119(98,82(14)15)105-41-58-31-88(26-52(5)111-58)118(97,81(12)13)104-40-57-30-87(50(2)3)25-51(4)110-57/h46-65H,24-45H2,1-23H3,(H2,72,74,76)(H2,73,75,77)/t51-,52-,53-,54-,55-,56?,57-,58-,59-,60-,61-,62-,63-,64+,65+,117?,118?,119?,120?,121?,122?,123?/m0/s1. The molecule has 45 nitrogen and oxygen atoms in total. The molecule has 52 heteroatoms. The second kappa shape index (κ2) is 42.0. The fourth-order valence-corrected chi connectivity index (χ4v) is 30.8. The van der Waals surface area contributed by atoms with E-state index in [9.17, 15) is 9.13 Å². The summed E-state index contributed by atoms with van der Waals surface area (Å²) in [6, 6.07) is 0.316. The molecule has 0 bridgehead atoms. The van der Waals surface area contributed by atoms with Crippen LogP contribution in [0.4, 0.5) is 11.6 Å². The summed E-state index contributed by atoms with van der Waals surface area (Å²) in [7, 11) is -3.55. The molecular formula is C71H137N24O21P7. The highest BCUT2D eigenvalue weighted by Gasteiger charge is 2.52. The smallest absolute Gasteiger partial charge is 0.345 e. The van der Waals surface area contributed by atoms with Gasteiger partial charge < -0.3 is 76.3 Å². The molecule has 4 N–H and O–H groups in total. The lowest BCUT2D eigenvalue weighted by atomic mass is 10.2. The van der Waals surface area contributed by atoms with Gasteiger partial charge in [0, 0.05) is 90.2 Å². The van der Waals surface area contributed by atoms with Crippen molar-refractivity contribution in [3.05, 3.63) is 25.3 Å². The largest absolute Gasteiger partial charge is 0.382 e. The van der Waals surface area contributed by atoms with E-state index in [4.69, 9.17) is 76.3 Å². The quantitative estimate of drug-likeness (QED) is 0.0435. The van der Waals surface area contributed by atoms with Crippen molar-refractivity contribution < 1.29 is 96.8 Å². The van der Waals surface area contributed by atoms with Crippen molar-refractivity contribution in [2.75, 3.05) is 248 Å². The molecule has 0 spiro atoms. The van der Waals surface area contributed by atoms with Gasteiger partial charge in [-0.1, -0.05) is 13.8 Å². The van der Waals surface area contributed by atoms with Crippen LogP contribution in [0.5, 0.6) is 0 Å². The lowest BCUT2D eigenvalue weighted by Crippen LogP contribution is -2.52. The van der Waals surface area contributed by atoms with E-state index in [1.54, 1.807) is 145 Å². The molecule has 702 valence electrons. The minimum Gasteiger partial charge on any atom is -0.382 e. The highest BCUT2D eigenvalue weighted by atomic mass is 31.2. The predicted octanol–water partition coefficient (Wildman–Crippen LogP) is 6.77. The van der Waals surface area contributed by atoms with Gasteiger partial charge in [-0.3, -0.25) is 46.0 Å². The minimum atomic E-state index is -4.16. The van der Waals surface area contributed by atoms with Crippen molar-refractivity contribution >= 4 is 87.5 Å². The maximum Gasteiger partial charge on any atom is 0.345 e. The number of morpholine rings is 7. The molecular weight excluding hydrogens is 1740 g/mol. The van der Waals surface area contributed by atoms with Crippen LogP contribution >= 0.6 is 53.5 Å². The Morgan fingerprint density at radius 3 is 0.862 bits per heavy atom. The first-order valence-electron chi connectivity index (χ1n) is 41.9. The zero-order chi connectivity index (χ0) is 90.0. The summed E-state index contributed by atoms with van der Waals surface area (Å²) in [5, 5.41) is 0. The van der Waals surface area contributed by atoms with Crippen LogP contribution in [0.15, 0.2) is 25.3 Å². The van der Waals surface area contributed by atoms with Crippen molar-refractivity contribution in [3.63, 3.8) is 0 Å². The Bertz CT molecular complexity index is 4510. The number of hydrogen-bond acceptors (Lipinski definition) is 30. The molecule has 0 aliphatic carbocycles. The lowest BCUT2D eigenvalue weighted by Gasteiger charge is -2.46. The molecule has 0 amide bonds. The Kier molecular flexibility index (Phi) is 34.4. The molecule has 0 radical (unpaired) electrons. The summed E-state index contributed by atoms with van der Waals surface area (Å²) in [4.78, 5) is 28.6. The van der Waals surface area contributed by atoms with E-state index in [-0.39, 0.29) is 154 Å². The highest BCUT2D eigenvalue weighted by Crippen LogP contribution is 2.62. The first-order valence-corrected chi connectivity index (χ1v) is 52.8. The van der Waals surface area contributed by atoms with Crippen molar-refractivity contribution in [1.82, 2.24) is 105 Å². The van der Waals surface area contributed by atoms with E-state index in [0.29, 0.717) is 47.9 Å². The minimum absolute atomic E-state index is 0.00378. The third-order valence-corrected chi connectivity index (χ3v) is 41.2. The van der Waals surface area contributed by atoms with Crippen molar-refractivity contribution in [3.8, 4) is 0 Å². The van der Waals surface area contributed by atoms with Crippen LogP contribution in [0.25, 0.3) is 22.3 Å². The van der Waals surface area contributed by atoms with E-state index in [2.05, 4.69) is 48.7 Å². The average Bonchev–Trinajstić information content (AvgIpc) is 1.17. The van der Waals surface area contributed by atoms with E-state index in [0.717, 1.165) is 6.54 Å². The molecule has 7 aliphatic rings. The number of nitrogens with two attached hydrogens (primary N) is 2. The SMILES string of the molecule is CCC(C)P(=O)(OC[C@@H]1CN(P(=O)(OC[C@@H]2CN(P(=O)(OC[C@@H]3CN(P(=O)(OC[C@@H]4CN(P(=O)(OC[C@@H]5CN(P(=O)(OC[C@@H]6CN(P(=O)(OC[C@@H]7CN(C(C)C)C[C@H](C)O7)N(C)C)C[C@H](C)O6)N(C)C)C[C@H](C)O5)N(C)C)C[C@H](C)O4)N(C)C)C[C@H](C)O3)N(C)C)C[C@H](n3cnc4c(N)ncnc43)O2)N(C)C)C[C@H](n2cnc3c(N)ncnc32)O1)N(C)C. The van der Waals surface area contributed by atoms with E-state index >= 15 is 22.8 Å². The molecule has 7 saturated heterocycles. The molecule has 11 rings (SSSR count).